The Kier molecular flexibility index (Phi) is 3.94. The van der Waals surface area contributed by atoms with Crippen molar-refractivity contribution in [3.8, 4) is 0 Å². The lowest BCUT2D eigenvalue weighted by Crippen LogP contribution is -2.39. The number of nitro benzene ring substituents is 1. The van der Waals surface area contributed by atoms with Gasteiger partial charge >= 0.3 is 0 Å². The maximum Gasteiger partial charge on any atom is 0.278 e. The van der Waals surface area contributed by atoms with Gasteiger partial charge in [-0.15, -0.1) is 0 Å². The van der Waals surface area contributed by atoms with Gasteiger partial charge < -0.3 is 10.6 Å². The van der Waals surface area contributed by atoms with E-state index in [0.717, 1.165) is 37.0 Å². The summed E-state index contributed by atoms with van der Waals surface area (Å²) >= 11 is 0. The van der Waals surface area contributed by atoms with Gasteiger partial charge in [-0.3, -0.25) is 15.1 Å². The first-order valence-electron chi connectivity index (χ1n) is 7.59. The highest BCUT2D eigenvalue weighted by atomic mass is 16.6. The average molecular weight is 300 g/mol. The number of hydrogen-bond acceptors (Lipinski definition) is 5. The molecule has 1 unspecified atom stereocenters. The zero-order valence-corrected chi connectivity index (χ0v) is 12.6. The topological polar surface area (TPSA) is 85.3 Å². The van der Waals surface area contributed by atoms with E-state index in [0.29, 0.717) is 11.3 Å². The molecule has 0 saturated carbocycles. The summed E-state index contributed by atoms with van der Waals surface area (Å²) in [6, 6.07) is 5.51. The Morgan fingerprint density at radius 3 is 2.68 bits per heavy atom. The molecule has 0 radical (unpaired) electrons. The molecule has 1 fully saturated rings. The number of anilines is 1. The van der Waals surface area contributed by atoms with E-state index >= 15 is 0 Å². The molecule has 2 aromatic rings. The number of hydrogen-bond donors (Lipinski definition) is 1. The minimum atomic E-state index is -0.351. The quantitative estimate of drug-likeness (QED) is 0.696. The highest BCUT2D eigenvalue weighted by Crippen LogP contribution is 2.35. The molecule has 0 aliphatic carbocycles. The molecule has 2 heterocycles. The lowest BCUT2D eigenvalue weighted by Gasteiger charge is -2.35. The molecule has 1 saturated heterocycles. The highest BCUT2D eigenvalue weighted by Gasteiger charge is 2.24. The van der Waals surface area contributed by atoms with E-state index in [1.807, 2.05) is 12.1 Å². The zero-order valence-electron chi connectivity index (χ0n) is 12.6. The molecular weight excluding hydrogens is 280 g/mol. The van der Waals surface area contributed by atoms with Gasteiger partial charge in [-0.25, -0.2) is 0 Å². The summed E-state index contributed by atoms with van der Waals surface area (Å²) in [6.45, 7) is 3.93. The minimum Gasteiger partial charge on any atom is -0.371 e. The summed E-state index contributed by atoms with van der Waals surface area (Å²) < 4.78 is 0. The highest BCUT2D eigenvalue weighted by molar-refractivity contribution is 5.99. The number of rotatable bonds is 3. The molecule has 2 N–H and O–H groups in total. The lowest BCUT2D eigenvalue weighted by molar-refractivity contribution is -0.383. The normalized spacial score (nSPS) is 17.6. The van der Waals surface area contributed by atoms with Gasteiger partial charge in [-0.1, -0.05) is 0 Å². The summed E-state index contributed by atoms with van der Waals surface area (Å²) in [6.07, 6.45) is 5.37. The Labute approximate surface area is 129 Å². The van der Waals surface area contributed by atoms with Crippen LogP contribution in [0, 0.1) is 16.0 Å². The summed E-state index contributed by atoms with van der Waals surface area (Å²) in [7, 11) is 0. The van der Waals surface area contributed by atoms with Crippen molar-refractivity contribution in [3.05, 3.63) is 40.7 Å². The second-order valence-corrected chi connectivity index (χ2v) is 5.97. The monoisotopic (exact) mass is 300 g/mol. The fraction of sp³-hybridized carbons (Fsp3) is 0.438. The third kappa shape index (κ3) is 2.62. The van der Waals surface area contributed by atoms with Crippen molar-refractivity contribution in [2.75, 3.05) is 18.0 Å². The van der Waals surface area contributed by atoms with Crippen LogP contribution in [0.5, 0.6) is 0 Å². The average Bonchev–Trinajstić information content (AvgIpc) is 2.53. The molecule has 0 amide bonds. The molecule has 1 aromatic heterocycles. The Bertz CT molecular complexity index is 694. The van der Waals surface area contributed by atoms with Crippen LogP contribution in [0.4, 0.5) is 11.4 Å². The van der Waals surface area contributed by atoms with Crippen molar-refractivity contribution in [1.82, 2.24) is 4.98 Å². The van der Waals surface area contributed by atoms with Gasteiger partial charge in [0.2, 0.25) is 0 Å². The molecule has 116 valence electrons. The number of piperidine rings is 1. The van der Waals surface area contributed by atoms with Crippen molar-refractivity contribution in [1.29, 1.82) is 0 Å². The van der Waals surface area contributed by atoms with E-state index in [1.165, 1.54) is 0 Å². The molecule has 1 aromatic carbocycles. The number of non-ortho nitro benzene ring substituents is 1. The van der Waals surface area contributed by atoms with Crippen molar-refractivity contribution in [3.63, 3.8) is 0 Å². The number of fused-ring (bicyclic) bond motifs is 1. The fourth-order valence-electron chi connectivity index (χ4n) is 3.26. The molecule has 3 rings (SSSR count). The standard InChI is InChI=1S/C16H20N4O2/c1-11(17)12-5-8-19(9-6-12)15-2-3-16(20(21)22)14-10-18-7-4-13(14)15/h2-4,7,10-12H,5-6,8-9,17H2,1H3. The second kappa shape index (κ2) is 5.88. The Morgan fingerprint density at radius 2 is 2.05 bits per heavy atom. The molecule has 0 bridgehead atoms. The third-order valence-corrected chi connectivity index (χ3v) is 4.59. The molecule has 22 heavy (non-hydrogen) atoms. The van der Waals surface area contributed by atoms with Gasteiger partial charge in [-0.2, -0.15) is 0 Å². The number of pyridine rings is 1. The summed E-state index contributed by atoms with van der Waals surface area (Å²) in [5.74, 6) is 0.558. The van der Waals surface area contributed by atoms with Crippen LogP contribution < -0.4 is 10.6 Å². The predicted octanol–water partition coefficient (Wildman–Crippen LogP) is 2.71. The lowest BCUT2D eigenvalue weighted by atomic mass is 9.90. The van der Waals surface area contributed by atoms with Crippen LogP contribution in [0.25, 0.3) is 10.8 Å². The number of benzene rings is 1. The van der Waals surface area contributed by atoms with Crippen molar-refractivity contribution < 1.29 is 4.92 Å². The van der Waals surface area contributed by atoms with Crippen LogP contribution >= 0.6 is 0 Å². The first kappa shape index (κ1) is 14.7. The maximum absolute atomic E-state index is 11.2. The third-order valence-electron chi connectivity index (χ3n) is 4.59. The summed E-state index contributed by atoms with van der Waals surface area (Å²) in [5.41, 5.74) is 7.15. The molecule has 6 heteroatoms. The van der Waals surface area contributed by atoms with Crippen LogP contribution in [0.3, 0.4) is 0 Å². The van der Waals surface area contributed by atoms with Gasteiger partial charge in [-0.05, 0) is 37.8 Å². The van der Waals surface area contributed by atoms with Gasteiger partial charge in [0.25, 0.3) is 5.69 Å². The van der Waals surface area contributed by atoms with Crippen LogP contribution in [0.1, 0.15) is 19.8 Å². The van der Waals surface area contributed by atoms with Gasteiger partial charge in [0, 0.05) is 48.7 Å². The van der Waals surface area contributed by atoms with E-state index in [2.05, 4.69) is 16.8 Å². The van der Waals surface area contributed by atoms with E-state index in [1.54, 1.807) is 18.5 Å². The molecule has 1 aliphatic heterocycles. The number of nitro groups is 1. The summed E-state index contributed by atoms with van der Waals surface area (Å²) in [4.78, 5) is 17.2. The fourth-order valence-corrected chi connectivity index (χ4v) is 3.26. The minimum absolute atomic E-state index is 0.109. The number of nitrogens with two attached hydrogens (primary N) is 1. The largest absolute Gasteiger partial charge is 0.371 e. The van der Waals surface area contributed by atoms with E-state index in [4.69, 9.17) is 5.73 Å². The Balaban J connectivity index is 1.96. The van der Waals surface area contributed by atoms with E-state index in [9.17, 15) is 10.1 Å². The van der Waals surface area contributed by atoms with E-state index < -0.39 is 0 Å². The van der Waals surface area contributed by atoms with Crippen molar-refractivity contribution in [2.45, 2.75) is 25.8 Å². The predicted molar refractivity (Wildman–Crippen MR) is 87.0 cm³/mol. The first-order chi connectivity index (χ1) is 10.6. The van der Waals surface area contributed by atoms with Crippen LogP contribution in [-0.4, -0.2) is 29.0 Å². The van der Waals surface area contributed by atoms with Crippen LogP contribution in [0.15, 0.2) is 30.6 Å². The first-order valence-corrected chi connectivity index (χ1v) is 7.59. The molecule has 1 atom stereocenters. The van der Waals surface area contributed by atoms with E-state index in [-0.39, 0.29) is 16.7 Å². The van der Waals surface area contributed by atoms with Crippen LogP contribution in [0.2, 0.25) is 0 Å². The molecule has 0 spiro atoms. The smallest absolute Gasteiger partial charge is 0.278 e. The van der Waals surface area contributed by atoms with Gasteiger partial charge in [0.1, 0.15) is 0 Å². The van der Waals surface area contributed by atoms with Crippen molar-refractivity contribution >= 4 is 22.1 Å². The SMILES string of the molecule is CC(N)C1CCN(c2ccc([N+](=O)[O-])c3cnccc23)CC1. The number of aromatic nitrogens is 1. The molecular formula is C16H20N4O2. The number of nitrogens with zero attached hydrogens (tertiary/aromatic N) is 3. The van der Waals surface area contributed by atoms with Gasteiger partial charge in [0.05, 0.1) is 10.3 Å². The van der Waals surface area contributed by atoms with Crippen molar-refractivity contribution in [2.24, 2.45) is 11.7 Å². The maximum atomic E-state index is 11.2. The van der Waals surface area contributed by atoms with Gasteiger partial charge in [0.15, 0.2) is 0 Å². The van der Waals surface area contributed by atoms with Crippen LogP contribution in [-0.2, 0) is 0 Å². The summed E-state index contributed by atoms with van der Waals surface area (Å²) in [5, 5.41) is 12.7. The Hall–Kier alpha value is -2.21. The zero-order chi connectivity index (χ0) is 15.7. The molecule has 1 aliphatic rings. The Morgan fingerprint density at radius 1 is 1.32 bits per heavy atom. The second-order valence-electron chi connectivity index (χ2n) is 5.97. The molecule has 6 nitrogen and oxygen atoms in total.